The predicted octanol–water partition coefficient (Wildman–Crippen LogP) is 1.12. The zero-order chi connectivity index (χ0) is 18.9. The van der Waals surface area contributed by atoms with E-state index in [0.29, 0.717) is 25.6 Å². The largest absolute Gasteiger partial charge is 0.356 e. The monoisotopic (exact) mass is 351 g/mol. The number of rotatable bonds is 9. The minimum Gasteiger partial charge on any atom is -0.356 e. The van der Waals surface area contributed by atoms with Gasteiger partial charge in [-0.1, -0.05) is 13.3 Å². The lowest BCUT2D eigenvalue weighted by Crippen LogP contribution is -2.48. The number of nitrogens with zero attached hydrogens (tertiary/aromatic N) is 4. The number of unbranched alkanes of at least 4 members (excludes halogenated alkanes) is 1. The number of aliphatic imine (C=N–C) groups is 1. The summed E-state index contributed by atoms with van der Waals surface area (Å²) < 4.78 is 1.92. The van der Waals surface area contributed by atoms with E-state index in [9.17, 15) is 4.79 Å². The minimum atomic E-state index is -0.523. The average Bonchev–Trinajstić information content (AvgIpc) is 2.89. The summed E-state index contributed by atoms with van der Waals surface area (Å²) in [6, 6.07) is 0. The maximum absolute atomic E-state index is 12.1. The first-order valence-corrected chi connectivity index (χ1v) is 8.97. The Kier molecular flexibility index (Phi) is 8.37. The van der Waals surface area contributed by atoms with Gasteiger partial charge in [0.25, 0.3) is 0 Å². The zero-order valence-electron chi connectivity index (χ0n) is 16.4. The number of hydrogen-bond acceptors (Lipinski definition) is 4. The van der Waals surface area contributed by atoms with Crippen molar-refractivity contribution in [1.82, 2.24) is 30.7 Å². The lowest BCUT2D eigenvalue weighted by atomic mass is 9.92. The summed E-state index contributed by atoms with van der Waals surface area (Å²) in [7, 11) is 1.93. The number of amides is 1. The van der Waals surface area contributed by atoms with Gasteiger partial charge >= 0.3 is 0 Å². The van der Waals surface area contributed by atoms with E-state index < -0.39 is 5.41 Å². The van der Waals surface area contributed by atoms with Crippen LogP contribution in [0.1, 0.15) is 52.2 Å². The van der Waals surface area contributed by atoms with Gasteiger partial charge in [-0.2, -0.15) is 0 Å². The molecule has 3 N–H and O–H groups in total. The Morgan fingerprint density at radius 1 is 1.20 bits per heavy atom. The standard InChI is InChI=1S/C17H33N7O/c1-7-9-10-19-16(20-11-14-23-22-13(3)24(14)6)21-12-17(4,5)15(25)18-8-2/h7-12H2,1-6H3,(H,18,25)(H2,19,20,21). The molecule has 1 heterocycles. The average molecular weight is 351 g/mol. The SMILES string of the molecule is CCCCNC(=NCc1nnc(C)n1C)NCC(C)(C)C(=O)NCC. The fourth-order valence-electron chi connectivity index (χ4n) is 2.08. The van der Waals surface area contributed by atoms with Gasteiger partial charge < -0.3 is 20.5 Å². The van der Waals surface area contributed by atoms with Crippen molar-refractivity contribution < 1.29 is 4.79 Å². The number of guanidine groups is 1. The van der Waals surface area contributed by atoms with Gasteiger partial charge in [0.1, 0.15) is 12.4 Å². The Bertz CT molecular complexity index is 578. The highest BCUT2D eigenvalue weighted by atomic mass is 16.2. The molecule has 1 rings (SSSR count). The number of hydrogen-bond donors (Lipinski definition) is 3. The molecule has 0 spiro atoms. The van der Waals surface area contributed by atoms with Crippen LogP contribution >= 0.6 is 0 Å². The molecule has 8 nitrogen and oxygen atoms in total. The number of aryl methyl sites for hydroxylation is 1. The van der Waals surface area contributed by atoms with E-state index in [2.05, 4.69) is 38.1 Å². The maximum Gasteiger partial charge on any atom is 0.227 e. The highest BCUT2D eigenvalue weighted by Gasteiger charge is 2.27. The van der Waals surface area contributed by atoms with Crippen LogP contribution in [0.3, 0.4) is 0 Å². The molecule has 8 heteroatoms. The molecule has 0 unspecified atom stereocenters. The first-order valence-electron chi connectivity index (χ1n) is 8.97. The summed E-state index contributed by atoms with van der Waals surface area (Å²) in [6.07, 6.45) is 2.16. The van der Waals surface area contributed by atoms with Crippen LogP contribution in [0.25, 0.3) is 0 Å². The summed E-state index contributed by atoms with van der Waals surface area (Å²) >= 11 is 0. The van der Waals surface area contributed by atoms with Crippen molar-refractivity contribution >= 4 is 11.9 Å². The normalized spacial score (nSPS) is 12.2. The van der Waals surface area contributed by atoms with Gasteiger partial charge in [0.2, 0.25) is 5.91 Å². The van der Waals surface area contributed by atoms with Crippen LogP contribution in [-0.4, -0.2) is 46.3 Å². The summed E-state index contributed by atoms with van der Waals surface area (Å²) in [5.41, 5.74) is -0.523. The molecule has 0 aliphatic carbocycles. The van der Waals surface area contributed by atoms with Crippen molar-refractivity contribution in [3.05, 3.63) is 11.6 Å². The molecule has 25 heavy (non-hydrogen) atoms. The van der Waals surface area contributed by atoms with Gasteiger partial charge in [0, 0.05) is 26.7 Å². The molecule has 0 fully saturated rings. The third-order valence-electron chi connectivity index (χ3n) is 4.03. The van der Waals surface area contributed by atoms with Crippen LogP contribution in [0.15, 0.2) is 4.99 Å². The van der Waals surface area contributed by atoms with E-state index >= 15 is 0 Å². The first-order chi connectivity index (χ1) is 11.8. The zero-order valence-corrected chi connectivity index (χ0v) is 16.4. The molecule has 1 aromatic heterocycles. The lowest BCUT2D eigenvalue weighted by molar-refractivity contribution is -0.128. The third-order valence-corrected chi connectivity index (χ3v) is 4.03. The second-order valence-corrected chi connectivity index (χ2v) is 6.76. The fraction of sp³-hybridized carbons (Fsp3) is 0.765. The highest BCUT2D eigenvalue weighted by Crippen LogP contribution is 2.13. The van der Waals surface area contributed by atoms with E-state index in [1.165, 1.54) is 0 Å². The highest BCUT2D eigenvalue weighted by molar-refractivity contribution is 5.84. The van der Waals surface area contributed by atoms with Gasteiger partial charge in [-0.3, -0.25) is 4.79 Å². The van der Waals surface area contributed by atoms with Gasteiger partial charge in [-0.05, 0) is 34.1 Å². The Balaban J connectivity index is 2.73. The van der Waals surface area contributed by atoms with Crippen LogP contribution < -0.4 is 16.0 Å². The van der Waals surface area contributed by atoms with E-state index in [1.54, 1.807) is 0 Å². The van der Waals surface area contributed by atoms with Crippen LogP contribution in [0.2, 0.25) is 0 Å². The van der Waals surface area contributed by atoms with Crippen LogP contribution in [-0.2, 0) is 18.4 Å². The summed E-state index contributed by atoms with van der Waals surface area (Å²) in [5, 5.41) is 17.6. The smallest absolute Gasteiger partial charge is 0.227 e. The Labute approximate surface area is 150 Å². The van der Waals surface area contributed by atoms with Crippen molar-refractivity contribution in [1.29, 1.82) is 0 Å². The molecule has 0 bridgehead atoms. The van der Waals surface area contributed by atoms with Crippen LogP contribution in [0, 0.1) is 12.3 Å². The molecule has 0 aromatic carbocycles. The second-order valence-electron chi connectivity index (χ2n) is 6.76. The molecule has 1 aromatic rings. The van der Waals surface area contributed by atoms with Gasteiger partial charge in [0.15, 0.2) is 11.8 Å². The molecule has 1 amide bonds. The first kappa shape index (κ1) is 20.9. The van der Waals surface area contributed by atoms with Crippen molar-refractivity contribution in [3.63, 3.8) is 0 Å². The van der Waals surface area contributed by atoms with Crippen LogP contribution in [0.4, 0.5) is 0 Å². The third kappa shape index (κ3) is 6.72. The maximum atomic E-state index is 12.1. The number of aromatic nitrogens is 3. The summed E-state index contributed by atoms with van der Waals surface area (Å²) in [5.74, 6) is 2.37. The molecular weight excluding hydrogens is 318 g/mol. The molecule has 0 saturated carbocycles. The van der Waals surface area contributed by atoms with Gasteiger partial charge in [0.05, 0.1) is 5.41 Å². The summed E-state index contributed by atoms with van der Waals surface area (Å²) in [4.78, 5) is 16.7. The molecule has 0 atom stereocenters. The van der Waals surface area contributed by atoms with E-state index in [1.807, 2.05) is 39.3 Å². The van der Waals surface area contributed by atoms with Crippen LogP contribution in [0.5, 0.6) is 0 Å². The molecule has 0 radical (unpaired) electrons. The van der Waals surface area contributed by atoms with Crippen molar-refractivity contribution in [2.45, 2.75) is 54.0 Å². The Hall–Kier alpha value is -2.12. The number of carbonyl (C=O) groups is 1. The Morgan fingerprint density at radius 2 is 1.92 bits per heavy atom. The van der Waals surface area contributed by atoms with E-state index in [0.717, 1.165) is 31.0 Å². The fourth-order valence-corrected chi connectivity index (χ4v) is 2.08. The molecule has 0 aliphatic heterocycles. The minimum absolute atomic E-state index is 0.0272. The van der Waals surface area contributed by atoms with Gasteiger partial charge in [-0.15, -0.1) is 10.2 Å². The lowest BCUT2D eigenvalue weighted by Gasteiger charge is -2.25. The number of nitrogens with one attached hydrogen (secondary N) is 3. The second kappa shape index (κ2) is 10.0. The van der Waals surface area contributed by atoms with E-state index in [4.69, 9.17) is 0 Å². The topological polar surface area (TPSA) is 96.2 Å². The molecule has 0 saturated heterocycles. The summed E-state index contributed by atoms with van der Waals surface area (Å²) in [6.45, 7) is 12.2. The molecular formula is C17H33N7O. The number of carbonyl (C=O) groups excluding carboxylic acids is 1. The van der Waals surface area contributed by atoms with Gasteiger partial charge in [-0.25, -0.2) is 4.99 Å². The molecule has 142 valence electrons. The predicted molar refractivity (Wildman–Crippen MR) is 100 cm³/mol. The molecule has 0 aliphatic rings. The van der Waals surface area contributed by atoms with Crippen molar-refractivity contribution in [2.75, 3.05) is 19.6 Å². The quantitative estimate of drug-likeness (QED) is 0.352. The van der Waals surface area contributed by atoms with Crippen molar-refractivity contribution in [2.24, 2.45) is 17.5 Å². The van der Waals surface area contributed by atoms with E-state index in [-0.39, 0.29) is 5.91 Å². The van der Waals surface area contributed by atoms with Crippen molar-refractivity contribution in [3.8, 4) is 0 Å². The Morgan fingerprint density at radius 3 is 2.48 bits per heavy atom.